The summed E-state index contributed by atoms with van der Waals surface area (Å²) >= 11 is 12.4. The molecule has 1 saturated heterocycles. The predicted molar refractivity (Wildman–Crippen MR) is 141 cm³/mol. The Hall–Kier alpha value is -3.33. The predicted octanol–water partition coefficient (Wildman–Crippen LogP) is 5.95. The van der Waals surface area contributed by atoms with Crippen molar-refractivity contribution in [2.45, 2.75) is 12.6 Å². The number of benzene rings is 3. The summed E-state index contributed by atoms with van der Waals surface area (Å²) in [6, 6.07) is 20.0. The third-order valence-electron chi connectivity index (χ3n) is 5.22. The summed E-state index contributed by atoms with van der Waals surface area (Å²) in [6.07, 6.45) is 1.66. The minimum Gasteiger partial charge on any atom is -0.493 e. The number of nitrogens with zero attached hydrogens (tertiary/aromatic N) is 1. The molecule has 1 fully saturated rings. The van der Waals surface area contributed by atoms with Gasteiger partial charge < -0.3 is 14.6 Å². The number of rotatable bonds is 8. The molecular weight excluding hydrogens is 506 g/mol. The van der Waals surface area contributed by atoms with E-state index >= 15 is 0 Å². The van der Waals surface area contributed by atoms with Crippen molar-refractivity contribution in [3.05, 3.63) is 99.4 Å². The second kappa shape index (κ2) is 10.9. The Bertz CT molecular complexity index is 1290. The van der Waals surface area contributed by atoms with Crippen LogP contribution in [0.15, 0.2) is 77.7 Å². The Labute approximate surface area is 217 Å². The van der Waals surface area contributed by atoms with Crippen molar-refractivity contribution >= 4 is 57.9 Å². The Kier molecular flexibility index (Phi) is 7.75. The molecule has 1 aliphatic rings. The molecule has 0 spiro atoms. The van der Waals surface area contributed by atoms with Crippen molar-refractivity contribution in [2.75, 3.05) is 7.11 Å². The third-order valence-corrected chi connectivity index (χ3v) is 6.81. The first-order valence-electron chi connectivity index (χ1n) is 10.5. The van der Waals surface area contributed by atoms with E-state index in [4.69, 9.17) is 33.3 Å². The van der Waals surface area contributed by atoms with E-state index < -0.39 is 17.9 Å². The first-order valence-corrected chi connectivity index (χ1v) is 12.1. The van der Waals surface area contributed by atoms with Crippen molar-refractivity contribution < 1.29 is 24.2 Å². The van der Waals surface area contributed by atoms with Gasteiger partial charge in [-0.1, -0.05) is 84.1 Å². The second-order valence-electron chi connectivity index (χ2n) is 7.53. The van der Waals surface area contributed by atoms with Crippen LogP contribution in [0.4, 0.5) is 0 Å². The van der Waals surface area contributed by atoms with Gasteiger partial charge in [-0.3, -0.25) is 9.69 Å². The SMILES string of the molecule is COc1cc(/C=C2\SC(=S)N([C@H](C(=O)O)c3ccccc3)C2=O)ccc1OCc1ccc(Cl)cc1. The number of halogens is 1. The van der Waals surface area contributed by atoms with Crippen LogP contribution in [0.1, 0.15) is 22.7 Å². The zero-order valence-corrected chi connectivity index (χ0v) is 20.9. The maximum atomic E-state index is 13.2. The van der Waals surface area contributed by atoms with Crippen molar-refractivity contribution in [1.82, 2.24) is 4.90 Å². The topological polar surface area (TPSA) is 76.1 Å². The standard InChI is InChI=1S/C26H20ClNO5S2/c1-32-21-13-17(9-12-20(21)33-15-16-7-10-19(27)11-8-16)14-22-24(29)28(26(34)35-22)23(25(30)31)18-5-3-2-4-6-18/h2-14,23H,15H2,1H3,(H,30,31)/b22-14-/t23-/m0/s1. The molecule has 3 aromatic rings. The Balaban J connectivity index is 1.55. The quantitative estimate of drug-likeness (QED) is 0.287. The number of hydrogen-bond donors (Lipinski definition) is 1. The van der Waals surface area contributed by atoms with Gasteiger partial charge in [0.05, 0.1) is 12.0 Å². The van der Waals surface area contributed by atoms with Gasteiger partial charge in [-0.05, 0) is 47.0 Å². The number of carboxylic acids is 1. The first kappa shape index (κ1) is 24.8. The van der Waals surface area contributed by atoms with Crippen LogP contribution in [-0.4, -0.2) is 33.3 Å². The molecule has 1 heterocycles. The molecule has 4 rings (SSSR count). The number of amides is 1. The van der Waals surface area contributed by atoms with Crippen LogP contribution in [0.2, 0.25) is 5.02 Å². The molecule has 0 saturated carbocycles. The summed E-state index contributed by atoms with van der Waals surface area (Å²) in [5, 5.41) is 10.5. The summed E-state index contributed by atoms with van der Waals surface area (Å²) in [4.78, 5) is 26.7. The fourth-order valence-electron chi connectivity index (χ4n) is 3.53. The van der Waals surface area contributed by atoms with Crippen molar-refractivity contribution in [1.29, 1.82) is 0 Å². The summed E-state index contributed by atoms with van der Waals surface area (Å²) in [5.41, 5.74) is 2.12. The Morgan fingerprint density at radius 2 is 1.83 bits per heavy atom. The molecule has 1 aliphatic heterocycles. The lowest BCUT2D eigenvalue weighted by molar-refractivity contribution is -0.145. The molecule has 6 nitrogen and oxygen atoms in total. The van der Waals surface area contributed by atoms with Gasteiger partial charge in [0.15, 0.2) is 17.5 Å². The van der Waals surface area contributed by atoms with E-state index in [9.17, 15) is 14.7 Å². The highest BCUT2D eigenvalue weighted by Crippen LogP contribution is 2.39. The van der Waals surface area contributed by atoms with E-state index in [1.165, 1.54) is 7.11 Å². The highest BCUT2D eigenvalue weighted by molar-refractivity contribution is 8.26. The van der Waals surface area contributed by atoms with Gasteiger partial charge in [0, 0.05) is 5.02 Å². The monoisotopic (exact) mass is 525 g/mol. The number of ether oxygens (including phenoxy) is 2. The van der Waals surface area contributed by atoms with Gasteiger partial charge in [0.25, 0.3) is 5.91 Å². The number of carboxylic acid groups (broad SMARTS) is 1. The molecule has 0 aromatic heterocycles. The highest BCUT2D eigenvalue weighted by atomic mass is 35.5. The van der Waals surface area contributed by atoms with Crippen molar-refractivity contribution in [3.8, 4) is 11.5 Å². The molecule has 1 N–H and O–H groups in total. The van der Waals surface area contributed by atoms with E-state index in [-0.39, 0.29) is 4.32 Å². The molecule has 1 amide bonds. The molecular formula is C26H20ClNO5S2. The first-order chi connectivity index (χ1) is 16.9. The molecule has 0 radical (unpaired) electrons. The Morgan fingerprint density at radius 3 is 2.49 bits per heavy atom. The number of aliphatic carboxylic acids is 1. The normalized spacial score (nSPS) is 15.4. The lowest BCUT2D eigenvalue weighted by Crippen LogP contribution is -2.37. The van der Waals surface area contributed by atoms with Gasteiger partial charge in [0.1, 0.15) is 10.9 Å². The van der Waals surface area contributed by atoms with Crippen LogP contribution in [0, 0.1) is 0 Å². The summed E-state index contributed by atoms with van der Waals surface area (Å²) in [6.45, 7) is 0.335. The summed E-state index contributed by atoms with van der Waals surface area (Å²) in [7, 11) is 1.53. The van der Waals surface area contributed by atoms with E-state index in [0.717, 1.165) is 22.2 Å². The summed E-state index contributed by atoms with van der Waals surface area (Å²) in [5.74, 6) is -0.575. The maximum Gasteiger partial charge on any atom is 0.331 e. The second-order valence-corrected chi connectivity index (χ2v) is 9.64. The van der Waals surface area contributed by atoms with Crippen molar-refractivity contribution in [2.24, 2.45) is 0 Å². The summed E-state index contributed by atoms with van der Waals surface area (Å²) < 4.78 is 11.5. The highest BCUT2D eigenvalue weighted by Gasteiger charge is 2.41. The average Bonchev–Trinajstić information content (AvgIpc) is 3.12. The molecule has 0 bridgehead atoms. The molecule has 3 aromatic carbocycles. The molecule has 0 unspecified atom stereocenters. The Morgan fingerprint density at radius 1 is 1.11 bits per heavy atom. The van der Waals surface area contributed by atoms with Crippen LogP contribution >= 0.6 is 35.6 Å². The van der Waals surface area contributed by atoms with Crippen LogP contribution in [-0.2, 0) is 16.2 Å². The van der Waals surface area contributed by atoms with Gasteiger partial charge in [-0.2, -0.15) is 0 Å². The minimum absolute atomic E-state index is 0.187. The number of hydrogen-bond acceptors (Lipinski definition) is 6. The largest absolute Gasteiger partial charge is 0.493 e. The van der Waals surface area contributed by atoms with Crippen LogP contribution in [0.25, 0.3) is 6.08 Å². The zero-order chi connectivity index (χ0) is 24.9. The zero-order valence-electron chi connectivity index (χ0n) is 18.5. The molecule has 178 valence electrons. The number of carbonyl (C=O) groups is 2. The lowest BCUT2D eigenvalue weighted by atomic mass is 10.1. The number of carbonyl (C=O) groups excluding carboxylic acids is 1. The van der Waals surface area contributed by atoms with Crippen LogP contribution in [0.5, 0.6) is 11.5 Å². The number of thiocarbonyl (C=S) groups is 1. The minimum atomic E-state index is -1.20. The van der Waals surface area contributed by atoms with Crippen LogP contribution < -0.4 is 9.47 Å². The smallest absolute Gasteiger partial charge is 0.331 e. The molecule has 0 aliphatic carbocycles. The van der Waals surface area contributed by atoms with Gasteiger partial charge in [0.2, 0.25) is 0 Å². The van der Waals surface area contributed by atoms with Crippen LogP contribution in [0.3, 0.4) is 0 Å². The van der Waals surface area contributed by atoms with Gasteiger partial charge in [-0.25, -0.2) is 4.79 Å². The molecule has 1 atom stereocenters. The maximum absolute atomic E-state index is 13.2. The van der Waals surface area contributed by atoms with E-state index in [1.54, 1.807) is 66.7 Å². The fourth-order valence-corrected chi connectivity index (χ4v) is 4.97. The van der Waals surface area contributed by atoms with Gasteiger partial charge in [-0.15, -0.1) is 0 Å². The van der Waals surface area contributed by atoms with Crippen molar-refractivity contribution in [3.63, 3.8) is 0 Å². The molecule has 35 heavy (non-hydrogen) atoms. The van der Waals surface area contributed by atoms with E-state index in [1.807, 2.05) is 12.1 Å². The fraction of sp³-hybridized carbons (Fsp3) is 0.115. The van der Waals surface area contributed by atoms with E-state index in [2.05, 4.69) is 0 Å². The third kappa shape index (κ3) is 5.67. The number of methoxy groups -OCH3 is 1. The number of thioether (sulfide) groups is 1. The molecule has 9 heteroatoms. The van der Waals surface area contributed by atoms with E-state index in [0.29, 0.717) is 39.2 Å². The average molecular weight is 526 g/mol. The van der Waals surface area contributed by atoms with Gasteiger partial charge >= 0.3 is 5.97 Å². The lowest BCUT2D eigenvalue weighted by Gasteiger charge is -2.23.